The van der Waals surface area contributed by atoms with Crippen LogP contribution >= 0.6 is 11.8 Å². The molecule has 8 heteroatoms. The number of rotatable bonds is 15. The first-order valence-corrected chi connectivity index (χ1v) is 12.2. The average Bonchev–Trinajstić information content (AvgIpc) is 2.78. The van der Waals surface area contributed by atoms with Crippen molar-refractivity contribution in [2.75, 3.05) is 46.4 Å². The van der Waals surface area contributed by atoms with E-state index in [4.69, 9.17) is 23.7 Å². The van der Waals surface area contributed by atoms with E-state index >= 15 is 0 Å². The van der Waals surface area contributed by atoms with Gasteiger partial charge in [0.15, 0.2) is 0 Å². The highest BCUT2D eigenvalue weighted by Crippen LogP contribution is 2.16. The number of hydrogen-bond donors (Lipinski definition) is 1. The third-order valence-electron chi connectivity index (χ3n) is 4.54. The van der Waals surface area contributed by atoms with Crippen LogP contribution in [0, 0.1) is 0 Å². The lowest BCUT2D eigenvalue weighted by Crippen LogP contribution is -2.42. The van der Waals surface area contributed by atoms with Gasteiger partial charge in [-0.3, -0.25) is 10.1 Å². The van der Waals surface area contributed by atoms with E-state index in [1.54, 1.807) is 26.0 Å². The third kappa shape index (κ3) is 12.7. The number of carbonyl (C=O) groups is 1. The second kappa shape index (κ2) is 15.8. The van der Waals surface area contributed by atoms with Crippen molar-refractivity contribution in [3.8, 4) is 5.75 Å². The first-order chi connectivity index (χ1) is 15.7. The van der Waals surface area contributed by atoms with Crippen LogP contribution in [0.5, 0.6) is 5.75 Å². The van der Waals surface area contributed by atoms with Crippen molar-refractivity contribution in [1.82, 2.24) is 5.32 Å². The smallest absolute Gasteiger partial charge is 0.323 e. The first kappa shape index (κ1) is 29.0. The first-order valence-electron chi connectivity index (χ1n) is 10.8. The van der Waals surface area contributed by atoms with Crippen LogP contribution in [0.1, 0.15) is 33.3 Å². The van der Waals surface area contributed by atoms with Gasteiger partial charge in [0.25, 0.3) is 0 Å². The zero-order valence-corrected chi connectivity index (χ0v) is 21.8. The molecule has 33 heavy (non-hydrogen) atoms. The minimum Gasteiger partial charge on any atom is -0.501 e. The summed E-state index contributed by atoms with van der Waals surface area (Å²) in [6.45, 7) is 8.50. The van der Waals surface area contributed by atoms with E-state index < -0.39 is 6.04 Å². The molecule has 1 atom stereocenters. The summed E-state index contributed by atoms with van der Waals surface area (Å²) >= 11 is 1.61. The summed E-state index contributed by atoms with van der Waals surface area (Å²) in [5, 5.41) is 3.18. The van der Waals surface area contributed by atoms with Crippen LogP contribution < -0.4 is 10.1 Å². The molecule has 0 amide bonds. The molecule has 0 bridgehead atoms. The van der Waals surface area contributed by atoms with Crippen molar-refractivity contribution in [2.24, 2.45) is 0 Å². The van der Waals surface area contributed by atoms with Gasteiger partial charge in [-0.15, -0.1) is 11.8 Å². The van der Waals surface area contributed by atoms with Crippen LogP contribution in [0.15, 0.2) is 47.7 Å². The predicted octanol–water partition coefficient (Wildman–Crippen LogP) is 4.33. The SMILES string of the molecule is COC/C=C\C(COC(=O)[C@@H](Cc1ccc(OCSC)cc1)NCOC(C)(C)C)=C(/C)OC. The highest BCUT2D eigenvalue weighted by molar-refractivity contribution is 7.98. The molecule has 0 saturated carbocycles. The van der Waals surface area contributed by atoms with Gasteiger partial charge in [-0.25, -0.2) is 0 Å². The van der Waals surface area contributed by atoms with Gasteiger partial charge in [-0.05, 0) is 58.1 Å². The second-order valence-electron chi connectivity index (χ2n) is 8.31. The molecule has 0 unspecified atom stereocenters. The summed E-state index contributed by atoms with van der Waals surface area (Å²) in [7, 11) is 3.20. The summed E-state index contributed by atoms with van der Waals surface area (Å²) in [5.41, 5.74) is 1.43. The number of benzene rings is 1. The molecule has 0 aliphatic heterocycles. The second-order valence-corrected chi connectivity index (χ2v) is 9.12. The molecular formula is C25H39NO6S. The number of ether oxygens (including phenoxy) is 5. The van der Waals surface area contributed by atoms with Crippen molar-refractivity contribution < 1.29 is 28.5 Å². The Morgan fingerprint density at radius 3 is 2.45 bits per heavy atom. The molecule has 0 aliphatic carbocycles. The Bertz CT molecular complexity index is 755. The third-order valence-corrected chi connectivity index (χ3v) is 4.89. The van der Waals surface area contributed by atoms with Crippen LogP contribution in [0.3, 0.4) is 0 Å². The van der Waals surface area contributed by atoms with Gasteiger partial charge in [0.2, 0.25) is 0 Å². The van der Waals surface area contributed by atoms with Crippen molar-refractivity contribution in [1.29, 1.82) is 0 Å². The highest BCUT2D eigenvalue weighted by Gasteiger charge is 2.22. The van der Waals surface area contributed by atoms with Gasteiger partial charge in [0, 0.05) is 12.7 Å². The Morgan fingerprint density at radius 2 is 1.88 bits per heavy atom. The van der Waals surface area contributed by atoms with E-state index in [2.05, 4.69) is 5.32 Å². The summed E-state index contributed by atoms with van der Waals surface area (Å²) in [5.74, 6) is 1.70. The molecule has 0 saturated heterocycles. The van der Waals surface area contributed by atoms with Gasteiger partial charge in [0.05, 0.1) is 31.8 Å². The van der Waals surface area contributed by atoms with E-state index in [1.807, 2.05) is 70.4 Å². The minimum absolute atomic E-state index is 0.0957. The highest BCUT2D eigenvalue weighted by atomic mass is 32.2. The molecular weight excluding hydrogens is 442 g/mol. The van der Waals surface area contributed by atoms with Crippen molar-refractivity contribution >= 4 is 17.7 Å². The van der Waals surface area contributed by atoms with Crippen LogP contribution in [0.4, 0.5) is 0 Å². The van der Waals surface area contributed by atoms with E-state index in [0.717, 1.165) is 16.9 Å². The lowest BCUT2D eigenvalue weighted by atomic mass is 10.1. The number of esters is 1. The number of allylic oxidation sites excluding steroid dienone is 1. The maximum atomic E-state index is 13.0. The molecule has 7 nitrogen and oxygen atoms in total. The molecule has 0 aromatic heterocycles. The number of thioether (sulfide) groups is 1. The normalized spacial score (nSPS) is 13.5. The molecule has 1 aromatic rings. The fraction of sp³-hybridized carbons (Fsp3) is 0.560. The van der Waals surface area contributed by atoms with Crippen LogP contribution in [0.2, 0.25) is 0 Å². The number of hydrogen-bond acceptors (Lipinski definition) is 8. The van der Waals surface area contributed by atoms with E-state index in [9.17, 15) is 4.79 Å². The lowest BCUT2D eigenvalue weighted by molar-refractivity contribution is -0.146. The average molecular weight is 482 g/mol. The Hall–Kier alpha value is -2.00. The van der Waals surface area contributed by atoms with E-state index in [0.29, 0.717) is 24.7 Å². The Balaban J connectivity index is 2.87. The van der Waals surface area contributed by atoms with Gasteiger partial charge in [0.1, 0.15) is 24.3 Å². The molecule has 0 spiro atoms. The maximum Gasteiger partial charge on any atom is 0.323 e. The molecule has 1 aromatic carbocycles. The summed E-state index contributed by atoms with van der Waals surface area (Å²) in [6, 6.07) is 7.15. The quantitative estimate of drug-likeness (QED) is 0.172. The van der Waals surface area contributed by atoms with Crippen LogP contribution in [0.25, 0.3) is 0 Å². The summed E-state index contributed by atoms with van der Waals surface area (Å²) < 4.78 is 27.4. The largest absolute Gasteiger partial charge is 0.501 e. The monoisotopic (exact) mass is 481 g/mol. The van der Waals surface area contributed by atoms with Crippen molar-refractivity contribution in [3.05, 3.63) is 53.3 Å². The number of carbonyl (C=O) groups excluding carboxylic acids is 1. The zero-order chi connectivity index (χ0) is 24.7. The molecule has 1 rings (SSSR count). The van der Waals surface area contributed by atoms with E-state index in [1.165, 1.54) is 0 Å². The predicted molar refractivity (Wildman–Crippen MR) is 133 cm³/mol. The fourth-order valence-corrected chi connectivity index (χ4v) is 2.87. The van der Waals surface area contributed by atoms with Gasteiger partial charge in [-0.1, -0.05) is 24.3 Å². The van der Waals surface area contributed by atoms with Gasteiger partial charge < -0.3 is 23.7 Å². The topological polar surface area (TPSA) is 75.3 Å². The molecule has 186 valence electrons. The number of nitrogens with one attached hydrogen (secondary N) is 1. The van der Waals surface area contributed by atoms with Crippen molar-refractivity contribution in [3.63, 3.8) is 0 Å². The van der Waals surface area contributed by atoms with Crippen molar-refractivity contribution in [2.45, 2.75) is 45.8 Å². The Morgan fingerprint density at radius 1 is 1.18 bits per heavy atom. The van der Waals surface area contributed by atoms with Gasteiger partial charge >= 0.3 is 5.97 Å². The Labute approximate surface area is 202 Å². The van der Waals surface area contributed by atoms with Crippen LogP contribution in [-0.4, -0.2) is 64.0 Å². The minimum atomic E-state index is -0.572. The molecule has 0 fully saturated rings. The van der Waals surface area contributed by atoms with Gasteiger partial charge in [-0.2, -0.15) is 0 Å². The molecule has 1 N–H and O–H groups in total. The lowest BCUT2D eigenvalue weighted by Gasteiger charge is -2.23. The summed E-state index contributed by atoms with van der Waals surface area (Å²) in [4.78, 5) is 13.0. The molecule has 0 radical (unpaired) electrons. The van der Waals surface area contributed by atoms with E-state index in [-0.39, 0.29) is 24.9 Å². The summed E-state index contributed by atoms with van der Waals surface area (Å²) in [6.07, 6.45) is 6.13. The molecule has 0 heterocycles. The zero-order valence-electron chi connectivity index (χ0n) is 20.9. The maximum absolute atomic E-state index is 13.0. The van der Waals surface area contributed by atoms with Crippen LogP contribution in [-0.2, 0) is 30.2 Å². The Kier molecular flexibility index (Phi) is 13.9. The number of methoxy groups -OCH3 is 2. The molecule has 0 aliphatic rings. The standard InChI is InChI=1S/C25H39NO6S/c1-19(29-6)21(9-8-14-28-5)16-30-24(27)23(26-17-32-25(2,3)4)15-20-10-12-22(13-11-20)31-18-33-7/h8-13,23,26H,14-18H2,1-7H3/b9-8-,21-19-/t23-/m1/s1. The fourth-order valence-electron chi connectivity index (χ4n) is 2.62.